The maximum atomic E-state index is 12.5. The number of aromatic nitrogens is 2. The SMILES string of the molecule is O=C(C1CCCO1)N1CCN(c2cncc(SCc3ccccc3)n2)CC1. The molecule has 1 aromatic heterocycles. The van der Waals surface area contributed by atoms with Crippen LogP contribution in [0.2, 0.25) is 0 Å². The standard InChI is InChI=1S/C20H24N4O2S/c25-20(17-7-4-12-26-17)24-10-8-23(9-11-24)18-13-21-14-19(22-18)27-15-16-5-2-1-3-6-16/h1-3,5-6,13-14,17H,4,7-12,15H2. The Bertz CT molecular complexity index is 760. The maximum Gasteiger partial charge on any atom is 0.251 e. The van der Waals surface area contributed by atoms with Crippen molar-refractivity contribution in [1.82, 2.24) is 14.9 Å². The van der Waals surface area contributed by atoms with E-state index < -0.39 is 0 Å². The van der Waals surface area contributed by atoms with Crippen molar-refractivity contribution in [1.29, 1.82) is 0 Å². The normalized spacial score (nSPS) is 20.1. The molecule has 4 rings (SSSR count). The van der Waals surface area contributed by atoms with Gasteiger partial charge in [0, 0.05) is 38.5 Å². The summed E-state index contributed by atoms with van der Waals surface area (Å²) < 4.78 is 5.53. The number of thioether (sulfide) groups is 1. The summed E-state index contributed by atoms with van der Waals surface area (Å²) in [6, 6.07) is 10.4. The summed E-state index contributed by atoms with van der Waals surface area (Å²) in [5.74, 6) is 1.91. The van der Waals surface area contributed by atoms with Crippen LogP contribution in [0.15, 0.2) is 47.8 Å². The molecule has 0 spiro atoms. The van der Waals surface area contributed by atoms with Crippen LogP contribution in [0.5, 0.6) is 0 Å². The highest BCUT2D eigenvalue weighted by Crippen LogP contribution is 2.23. The number of rotatable bonds is 5. The van der Waals surface area contributed by atoms with E-state index in [2.05, 4.69) is 34.1 Å². The first-order valence-electron chi connectivity index (χ1n) is 9.44. The molecule has 0 bridgehead atoms. The Labute approximate surface area is 163 Å². The van der Waals surface area contributed by atoms with Crippen LogP contribution >= 0.6 is 11.8 Å². The summed E-state index contributed by atoms with van der Waals surface area (Å²) in [5, 5.41) is 0.925. The van der Waals surface area contributed by atoms with E-state index in [0.29, 0.717) is 19.7 Å². The number of benzene rings is 1. The summed E-state index contributed by atoms with van der Waals surface area (Å²) in [5.41, 5.74) is 1.27. The first-order chi connectivity index (χ1) is 13.3. The number of hydrogen-bond acceptors (Lipinski definition) is 6. The number of piperazine rings is 1. The van der Waals surface area contributed by atoms with Crippen LogP contribution in [-0.4, -0.2) is 59.7 Å². The molecule has 1 amide bonds. The fourth-order valence-corrected chi connectivity index (χ4v) is 4.22. The number of ether oxygens (including phenoxy) is 1. The number of carbonyl (C=O) groups is 1. The highest BCUT2D eigenvalue weighted by Gasteiger charge is 2.30. The molecule has 6 nitrogen and oxygen atoms in total. The molecule has 1 atom stereocenters. The first-order valence-corrected chi connectivity index (χ1v) is 10.4. The minimum Gasteiger partial charge on any atom is -0.368 e. The van der Waals surface area contributed by atoms with Gasteiger partial charge in [-0.1, -0.05) is 30.3 Å². The van der Waals surface area contributed by atoms with Gasteiger partial charge in [-0.3, -0.25) is 9.78 Å². The number of carbonyl (C=O) groups excluding carboxylic acids is 1. The van der Waals surface area contributed by atoms with Crippen molar-refractivity contribution in [2.75, 3.05) is 37.7 Å². The molecule has 142 valence electrons. The van der Waals surface area contributed by atoms with E-state index in [0.717, 1.165) is 42.5 Å². The molecule has 27 heavy (non-hydrogen) atoms. The Morgan fingerprint density at radius 2 is 1.96 bits per heavy atom. The fraction of sp³-hybridized carbons (Fsp3) is 0.450. The van der Waals surface area contributed by atoms with E-state index in [1.807, 2.05) is 23.4 Å². The van der Waals surface area contributed by atoms with Crippen LogP contribution in [0.3, 0.4) is 0 Å². The lowest BCUT2D eigenvalue weighted by atomic mass is 10.2. The van der Waals surface area contributed by atoms with Gasteiger partial charge in [0.2, 0.25) is 0 Å². The third kappa shape index (κ3) is 4.59. The lowest BCUT2D eigenvalue weighted by Crippen LogP contribution is -2.51. The molecule has 1 unspecified atom stereocenters. The van der Waals surface area contributed by atoms with Crippen LogP contribution in [0.1, 0.15) is 18.4 Å². The van der Waals surface area contributed by atoms with Crippen LogP contribution in [-0.2, 0) is 15.3 Å². The number of anilines is 1. The van der Waals surface area contributed by atoms with E-state index in [9.17, 15) is 4.79 Å². The van der Waals surface area contributed by atoms with Crippen molar-refractivity contribution < 1.29 is 9.53 Å². The molecule has 7 heteroatoms. The van der Waals surface area contributed by atoms with Crippen molar-refractivity contribution in [3.05, 3.63) is 48.3 Å². The summed E-state index contributed by atoms with van der Waals surface area (Å²) in [4.78, 5) is 25.7. The number of hydrogen-bond donors (Lipinski definition) is 0. The highest BCUT2D eigenvalue weighted by atomic mass is 32.2. The average Bonchev–Trinajstić information content (AvgIpc) is 3.28. The zero-order chi connectivity index (χ0) is 18.5. The first kappa shape index (κ1) is 18.3. The van der Waals surface area contributed by atoms with Crippen molar-refractivity contribution in [3.8, 4) is 0 Å². The molecule has 0 radical (unpaired) electrons. The van der Waals surface area contributed by atoms with Crippen molar-refractivity contribution in [2.24, 2.45) is 0 Å². The minimum atomic E-state index is -0.228. The van der Waals surface area contributed by atoms with Crippen LogP contribution in [0, 0.1) is 0 Å². The largest absolute Gasteiger partial charge is 0.368 e. The molecule has 2 saturated heterocycles. The van der Waals surface area contributed by atoms with E-state index in [1.54, 1.807) is 11.8 Å². The minimum absolute atomic E-state index is 0.144. The van der Waals surface area contributed by atoms with E-state index in [4.69, 9.17) is 9.72 Å². The predicted molar refractivity (Wildman–Crippen MR) is 106 cm³/mol. The molecular weight excluding hydrogens is 360 g/mol. The summed E-state index contributed by atoms with van der Waals surface area (Å²) in [7, 11) is 0. The topological polar surface area (TPSA) is 58.6 Å². The predicted octanol–water partition coefficient (Wildman–Crippen LogP) is 2.60. The Morgan fingerprint density at radius 1 is 1.15 bits per heavy atom. The molecule has 2 aliphatic heterocycles. The average molecular weight is 385 g/mol. The number of amides is 1. The third-order valence-electron chi connectivity index (χ3n) is 4.95. The van der Waals surface area contributed by atoms with Gasteiger partial charge in [0.1, 0.15) is 16.9 Å². The van der Waals surface area contributed by atoms with Gasteiger partial charge in [-0.05, 0) is 18.4 Å². The van der Waals surface area contributed by atoms with Gasteiger partial charge < -0.3 is 14.5 Å². The lowest BCUT2D eigenvalue weighted by molar-refractivity contribution is -0.141. The molecule has 0 N–H and O–H groups in total. The fourth-order valence-electron chi connectivity index (χ4n) is 3.42. The molecular formula is C20H24N4O2S. The molecule has 2 aromatic rings. The second-order valence-corrected chi connectivity index (χ2v) is 7.80. The molecule has 1 aromatic carbocycles. The van der Waals surface area contributed by atoms with Gasteiger partial charge in [-0.2, -0.15) is 0 Å². The lowest BCUT2D eigenvalue weighted by Gasteiger charge is -2.36. The van der Waals surface area contributed by atoms with Crippen LogP contribution in [0.25, 0.3) is 0 Å². The van der Waals surface area contributed by atoms with Gasteiger partial charge in [0.25, 0.3) is 5.91 Å². The van der Waals surface area contributed by atoms with Gasteiger partial charge in [-0.25, -0.2) is 4.98 Å². The molecule has 2 aliphatic rings. The monoisotopic (exact) mass is 384 g/mol. The van der Waals surface area contributed by atoms with Gasteiger partial charge in [0.05, 0.1) is 12.4 Å². The van der Waals surface area contributed by atoms with Gasteiger partial charge in [0.15, 0.2) is 0 Å². The van der Waals surface area contributed by atoms with Crippen molar-refractivity contribution in [3.63, 3.8) is 0 Å². The van der Waals surface area contributed by atoms with E-state index in [1.165, 1.54) is 5.56 Å². The van der Waals surface area contributed by atoms with Crippen molar-refractivity contribution >= 4 is 23.5 Å². The Balaban J connectivity index is 1.32. The van der Waals surface area contributed by atoms with E-state index >= 15 is 0 Å². The zero-order valence-corrected chi connectivity index (χ0v) is 16.1. The number of nitrogens with zero attached hydrogens (tertiary/aromatic N) is 4. The molecule has 0 saturated carbocycles. The van der Waals surface area contributed by atoms with Crippen LogP contribution in [0.4, 0.5) is 5.82 Å². The summed E-state index contributed by atoms with van der Waals surface area (Å²) in [6.45, 7) is 3.68. The van der Waals surface area contributed by atoms with Gasteiger partial charge in [-0.15, -0.1) is 11.8 Å². The van der Waals surface area contributed by atoms with Crippen LogP contribution < -0.4 is 4.90 Å². The Morgan fingerprint density at radius 3 is 2.70 bits per heavy atom. The zero-order valence-electron chi connectivity index (χ0n) is 15.3. The van der Waals surface area contributed by atoms with Crippen molar-refractivity contribution in [2.45, 2.75) is 29.7 Å². The second kappa shape index (κ2) is 8.71. The highest BCUT2D eigenvalue weighted by molar-refractivity contribution is 7.98. The Kier molecular flexibility index (Phi) is 5.89. The second-order valence-electron chi connectivity index (χ2n) is 6.80. The summed E-state index contributed by atoms with van der Waals surface area (Å²) in [6.07, 6.45) is 5.23. The Hall–Kier alpha value is -2.12. The third-order valence-corrected chi connectivity index (χ3v) is 5.92. The molecule has 0 aliphatic carbocycles. The summed E-state index contributed by atoms with van der Waals surface area (Å²) >= 11 is 1.69. The van der Waals surface area contributed by atoms with Gasteiger partial charge >= 0.3 is 0 Å². The molecule has 3 heterocycles. The molecule has 2 fully saturated rings. The smallest absolute Gasteiger partial charge is 0.251 e. The van der Waals surface area contributed by atoms with E-state index in [-0.39, 0.29) is 12.0 Å². The maximum absolute atomic E-state index is 12.5. The quantitative estimate of drug-likeness (QED) is 0.739.